The van der Waals surface area contributed by atoms with Gasteiger partial charge in [0.15, 0.2) is 5.60 Å². The molecule has 0 aromatic heterocycles. The summed E-state index contributed by atoms with van der Waals surface area (Å²) in [6, 6.07) is 42.2. The second-order valence-electron chi connectivity index (χ2n) is 17.8. The number of para-hydroxylation sites is 2. The van der Waals surface area contributed by atoms with E-state index < -0.39 is 17.5 Å². The van der Waals surface area contributed by atoms with Crippen molar-refractivity contribution in [1.29, 1.82) is 0 Å². The number of benzene rings is 5. The van der Waals surface area contributed by atoms with Crippen LogP contribution in [0.1, 0.15) is 73.9 Å². The van der Waals surface area contributed by atoms with Crippen LogP contribution < -0.4 is 15.0 Å². The van der Waals surface area contributed by atoms with Crippen molar-refractivity contribution in [3.63, 3.8) is 0 Å². The zero-order valence-electron chi connectivity index (χ0n) is 38.7. The van der Waals surface area contributed by atoms with Gasteiger partial charge in [-0.15, -0.1) is 0 Å². The topological polar surface area (TPSA) is 132 Å². The van der Waals surface area contributed by atoms with Crippen LogP contribution in [0, 0.1) is 0 Å². The molecule has 66 heavy (non-hydrogen) atoms. The molecule has 350 valence electrons. The number of esters is 1. The van der Waals surface area contributed by atoms with Gasteiger partial charge in [0, 0.05) is 51.6 Å². The third-order valence-corrected chi connectivity index (χ3v) is 13.9. The maximum Gasteiger partial charge on any atom is 0.347 e. The molecular formula is C53H63ClN4O7S. The van der Waals surface area contributed by atoms with Crippen LogP contribution in [0.25, 0.3) is 0 Å². The average molecular weight is 936 g/mol. The number of anilines is 2. The highest BCUT2D eigenvalue weighted by molar-refractivity contribution is 7.99. The normalized spacial score (nSPS) is 18.3. The number of carbonyl (C=O) groups excluding carboxylic acids is 2. The SMILES string of the molecule is CC(C)(Oc1ccc(CCNC(=O)c2ccc(Cl)cc2)cc1)C(=O)O.CC(CN1c2ccccc2Sc2ccccc21)N(C)C.CN1[C@@H]2CC[C@H]1CC(OC(=O)C(CO)c1ccccc1)C2. The fraction of sp³-hybridized carbons (Fsp3) is 0.377. The van der Waals surface area contributed by atoms with E-state index in [1.54, 1.807) is 36.4 Å². The van der Waals surface area contributed by atoms with E-state index in [-0.39, 0.29) is 24.6 Å². The molecule has 0 aliphatic carbocycles. The number of nitrogens with one attached hydrogen (secondary N) is 1. The summed E-state index contributed by atoms with van der Waals surface area (Å²) in [5.41, 5.74) is 3.75. The molecule has 5 aromatic rings. The smallest absolute Gasteiger partial charge is 0.347 e. The number of piperidine rings is 1. The minimum absolute atomic E-state index is 0.00367. The summed E-state index contributed by atoms with van der Waals surface area (Å²) >= 11 is 7.66. The van der Waals surface area contributed by atoms with E-state index >= 15 is 0 Å². The second kappa shape index (κ2) is 23.4. The molecule has 0 saturated carbocycles. The summed E-state index contributed by atoms with van der Waals surface area (Å²) < 4.78 is 11.2. The van der Waals surface area contributed by atoms with E-state index in [0.29, 0.717) is 47.4 Å². The van der Waals surface area contributed by atoms with Gasteiger partial charge in [-0.25, -0.2) is 4.79 Å². The van der Waals surface area contributed by atoms with Crippen LogP contribution in [-0.4, -0.2) is 109 Å². The number of fused-ring (bicyclic) bond motifs is 4. The van der Waals surface area contributed by atoms with Crippen molar-refractivity contribution in [3.8, 4) is 5.75 Å². The number of rotatable bonds is 14. The van der Waals surface area contributed by atoms with Crippen molar-refractivity contribution in [1.82, 2.24) is 15.1 Å². The molecule has 13 heteroatoms. The third-order valence-electron chi connectivity index (χ3n) is 12.5. The summed E-state index contributed by atoms with van der Waals surface area (Å²) in [6.07, 6.45) is 4.91. The lowest BCUT2D eigenvalue weighted by molar-refractivity contribution is -0.155. The Morgan fingerprint density at radius 2 is 1.39 bits per heavy atom. The molecule has 3 unspecified atom stereocenters. The zero-order valence-corrected chi connectivity index (χ0v) is 40.3. The van der Waals surface area contributed by atoms with Crippen LogP contribution in [0.3, 0.4) is 0 Å². The minimum Gasteiger partial charge on any atom is -0.478 e. The molecule has 3 aliphatic rings. The third kappa shape index (κ3) is 13.4. The number of hydrogen-bond donors (Lipinski definition) is 3. The Labute approximate surface area is 399 Å². The quantitative estimate of drug-likeness (QED) is 0.0921. The fourth-order valence-corrected chi connectivity index (χ4v) is 9.42. The summed E-state index contributed by atoms with van der Waals surface area (Å²) in [6.45, 7) is 6.55. The Kier molecular flexibility index (Phi) is 17.7. The molecule has 5 aromatic carbocycles. The van der Waals surface area contributed by atoms with E-state index in [2.05, 4.69) is 96.6 Å². The maximum atomic E-state index is 12.4. The fourth-order valence-electron chi connectivity index (χ4n) is 8.20. The van der Waals surface area contributed by atoms with Crippen LogP contribution >= 0.6 is 23.4 Å². The first-order chi connectivity index (χ1) is 31.6. The van der Waals surface area contributed by atoms with Crippen LogP contribution in [0.4, 0.5) is 11.4 Å². The molecular weight excluding hydrogens is 872 g/mol. The largest absolute Gasteiger partial charge is 0.478 e. The number of carbonyl (C=O) groups is 3. The number of likely N-dealkylation sites (N-methyl/N-ethyl adjacent to an activating group) is 1. The predicted octanol–water partition coefficient (Wildman–Crippen LogP) is 9.72. The lowest BCUT2D eigenvalue weighted by Gasteiger charge is -2.36. The Hall–Kier alpha value is -5.37. The average Bonchev–Trinajstić information content (AvgIpc) is 3.49. The van der Waals surface area contributed by atoms with E-state index in [1.807, 2.05) is 54.2 Å². The predicted molar refractivity (Wildman–Crippen MR) is 263 cm³/mol. The van der Waals surface area contributed by atoms with Gasteiger partial charge in [0.25, 0.3) is 5.91 Å². The van der Waals surface area contributed by atoms with Crippen molar-refractivity contribution in [2.75, 3.05) is 45.7 Å². The number of carboxylic acids is 1. The van der Waals surface area contributed by atoms with Crippen molar-refractivity contribution >= 4 is 52.6 Å². The van der Waals surface area contributed by atoms with Gasteiger partial charge < -0.3 is 39.7 Å². The van der Waals surface area contributed by atoms with E-state index in [0.717, 1.165) is 30.5 Å². The van der Waals surface area contributed by atoms with Crippen molar-refractivity contribution < 1.29 is 34.1 Å². The highest BCUT2D eigenvalue weighted by Gasteiger charge is 2.40. The molecule has 2 fully saturated rings. The van der Waals surface area contributed by atoms with Crippen LogP contribution in [0.5, 0.6) is 5.75 Å². The lowest BCUT2D eigenvalue weighted by Crippen LogP contribution is -2.43. The number of halogens is 1. The summed E-state index contributed by atoms with van der Waals surface area (Å²) in [5, 5.41) is 22.0. The van der Waals surface area contributed by atoms with Gasteiger partial charge in [0.05, 0.1) is 18.0 Å². The minimum atomic E-state index is -1.28. The summed E-state index contributed by atoms with van der Waals surface area (Å²) in [7, 11) is 6.45. The Morgan fingerprint density at radius 1 is 0.833 bits per heavy atom. The number of aliphatic carboxylic acids is 1. The standard InChI is InChI=1S/C19H20ClNO4.C17H20N2S.C17H23NO3/c1-19(2,18(23)24)25-16-9-3-13(4-10-16)11-12-21-17(22)14-5-7-15(20)8-6-14;1-13(18(2)3)12-19-14-8-4-6-10-16(14)20-17-11-7-5-9-15(17)19;1-18-13-7-8-14(18)10-15(9-13)21-17(20)16(11-19)12-5-3-2-4-6-12/h3-10H,11-12H2,1-2H3,(H,21,22)(H,23,24);4-11,13H,12H2,1-3H3;2-6,13-16,19H,7-11H2,1H3/t;;13-,14+,15?,16?. The number of aliphatic hydroxyl groups is 1. The van der Waals surface area contributed by atoms with Crippen LogP contribution in [0.15, 0.2) is 137 Å². The molecule has 11 nitrogen and oxygen atoms in total. The molecule has 3 N–H and O–H groups in total. The van der Waals surface area contributed by atoms with Gasteiger partial charge in [0.1, 0.15) is 17.8 Å². The first-order valence-corrected chi connectivity index (χ1v) is 23.8. The van der Waals surface area contributed by atoms with Crippen LogP contribution in [0.2, 0.25) is 5.02 Å². The Balaban J connectivity index is 0.000000165. The van der Waals surface area contributed by atoms with E-state index in [4.69, 9.17) is 26.2 Å². The highest BCUT2D eigenvalue weighted by Crippen LogP contribution is 2.48. The Morgan fingerprint density at radius 3 is 1.94 bits per heavy atom. The lowest BCUT2D eigenvalue weighted by atomic mass is 9.98. The molecule has 2 bridgehead atoms. The highest BCUT2D eigenvalue weighted by atomic mass is 35.5. The first-order valence-electron chi connectivity index (χ1n) is 22.6. The van der Waals surface area contributed by atoms with Crippen molar-refractivity contribution in [3.05, 3.63) is 149 Å². The van der Waals surface area contributed by atoms with E-state index in [1.165, 1.54) is 47.9 Å². The number of hydrogen-bond acceptors (Lipinski definition) is 10. The summed E-state index contributed by atoms with van der Waals surface area (Å²) in [5.74, 6) is -1.55. The van der Waals surface area contributed by atoms with E-state index in [9.17, 15) is 19.5 Å². The monoisotopic (exact) mass is 934 g/mol. The maximum absolute atomic E-state index is 12.4. The van der Waals surface area contributed by atoms with Gasteiger partial charge in [-0.3, -0.25) is 9.59 Å². The number of nitrogens with zero attached hydrogens (tertiary/aromatic N) is 3. The zero-order chi connectivity index (χ0) is 47.4. The van der Waals surface area contributed by atoms with Gasteiger partial charge in [-0.2, -0.15) is 0 Å². The molecule has 3 aliphatic heterocycles. The molecule has 0 radical (unpaired) electrons. The number of ether oxygens (including phenoxy) is 2. The molecule has 8 rings (SSSR count). The molecule has 1 amide bonds. The first kappa shape index (κ1) is 50.1. The van der Waals surface area contributed by atoms with Gasteiger partial charge in [-0.1, -0.05) is 90.1 Å². The van der Waals surface area contributed by atoms with Crippen molar-refractivity contribution in [2.24, 2.45) is 0 Å². The molecule has 5 atom stereocenters. The number of aliphatic hydroxyl groups excluding tert-OH is 1. The van der Waals surface area contributed by atoms with Gasteiger partial charge >= 0.3 is 11.9 Å². The van der Waals surface area contributed by atoms with Gasteiger partial charge in [0.2, 0.25) is 0 Å². The molecule has 0 spiro atoms. The number of amides is 1. The van der Waals surface area contributed by atoms with Crippen LogP contribution in [-0.2, 0) is 20.7 Å². The molecule has 3 heterocycles. The number of carboxylic acid groups (broad SMARTS) is 1. The van der Waals surface area contributed by atoms with Gasteiger partial charge in [-0.05, 0) is 146 Å². The molecule has 2 saturated heterocycles. The van der Waals surface area contributed by atoms with Crippen molar-refractivity contribution in [2.45, 2.75) is 98.4 Å². The Bertz CT molecular complexity index is 2310. The second-order valence-corrected chi connectivity index (χ2v) is 19.3. The summed E-state index contributed by atoms with van der Waals surface area (Å²) in [4.78, 5) is 45.2.